The van der Waals surface area contributed by atoms with E-state index in [9.17, 15) is 18.7 Å². The van der Waals surface area contributed by atoms with E-state index in [-0.39, 0.29) is 12.0 Å². The van der Waals surface area contributed by atoms with Crippen LogP contribution in [-0.4, -0.2) is 23.2 Å². The van der Waals surface area contributed by atoms with E-state index in [0.29, 0.717) is 11.3 Å². The van der Waals surface area contributed by atoms with Crippen molar-refractivity contribution < 1.29 is 23.4 Å². The Labute approximate surface area is 167 Å². The third kappa shape index (κ3) is 5.16. The lowest BCUT2D eigenvalue weighted by Gasteiger charge is -2.21. The molecular formula is C23H21F2NO3. The highest BCUT2D eigenvalue weighted by atomic mass is 19.3. The molecule has 0 aliphatic rings. The first-order valence-corrected chi connectivity index (χ1v) is 9.13. The van der Waals surface area contributed by atoms with E-state index in [2.05, 4.69) is 4.98 Å². The van der Waals surface area contributed by atoms with Crippen molar-refractivity contribution in [3.63, 3.8) is 0 Å². The fourth-order valence-electron chi connectivity index (χ4n) is 3.17. The average molecular weight is 397 g/mol. The predicted octanol–water partition coefficient (Wildman–Crippen LogP) is 5.18. The van der Waals surface area contributed by atoms with E-state index in [4.69, 9.17) is 4.74 Å². The Hall–Kier alpha value is -3.28. The first-order chi connectivity index (χ1) is 13.9. The lowest BCUT2D eigenvalue weighted by atomic mass is 9.90. The smallest absolute Gasteiger partial charge is 0.307 e. The van der Waals surface area contributed by atoms with Gasteiger partial charge in [-0.3, -0.25) is 9.78 Å². The third-order valence-electron chi connectivity index (χ3n) is 4.79. The van der Waals surface area contributed by atoms with E-state index in [1.54, 1.807) is 49.7 Å². The van der Waals surface area contributed by atoms with Gasteiger partial charge in [-0.05, 0) is 41.3 Å². The van der Waals surface area contributed by atoms with Gasteiger partial charge in [0.15, 0.2) is 0 Å². The quantitative estimate of drug-likeness (QED) is 0.569. The predicted molar refractivity (Wildman–Crippen MR) is 106 cm³/mol. The highest BCUT2D eigenvalue weighted by Gasteiger charge is 2.37. The molecule has 3 aromatic rings. The second kappa shape index (κ2) is 8.82. The maximum Gasteiger partial charge on any atom is 0.307 e. The first-order valence-electron chi connectivity index (χ1n) is 9.13. The number of aliphatic carboxylic acids is 1. The minimum atomic E-state index is -3.26. The molecule has 1 heterocycles. The molecule has 0 bridgehead atoms. The molecule has 150 valence electrons. The Morgan fingerprint density at radius 1 is 1.07 bits per heavy atom. The number of carbonyl (C=O) groups is 1. The lowest BCUT2D eigenvalue weighted by molar-refractivity contribution is -0.145. The Balaban J connectivity index is 1.75. The number of carboxylic acids is 1. The van der Waals surface area contributed by atoms with Gasteiger partial charge in [0.2, 0.25) is 0 Å². The van der Waals surface area contributed by atoms with Crippen LogP contribution in [0.25, 0.3) is 11.1 Å². The van der Waals surface area contributed by atoms with E-state index in [0.717, 1.165) is 11.1 Å². The van der Waals surface area contributed by atoms with Crippen LogP contribution in [0.3, 0.4) is 0 Å². The van der Waals surface area contributed by atoms with Crippen LogP contribution in [-0.2, 0) is 17.1 Å². The van der Waals surface area contributed by atoms with Crippen LogP contribution in [0.1, 0.15) is 17.5 Å². The highest BCUT2D eigenvalue weighted by molar-refractivity contribution is 5.70. The maximum atomic E-state index is 14.8. The van der Waals surface area contributed by atoms with Gasteiger partial charge in [0, 0.05) is 24.4 Å². The summed E-state index contributed by atoms with van der Waals surface area (Å²) >= 11 is 0. The van der Waals surface area contributed by atoms with Crippen molar-refractivity contribution in [2.24, 2.45) is 5.92 Å². The molecule has 0 saturated carbocycles. The summed E-state index contributed by atoms with van der Waals surface area (Å²) in [5, 5.41) is 9.42. The highest BCUT2D eigenvalue weighted by Crippen LogP contribution is 2.37. The number of alkyl halides is 2. The molecule has 0 fully saturated rings. The van der Waals surface area contributed by atoms with Crippen LogP contribution < -0.4 is 4.74 Å². The second-order valence-electron chi connectivity index (χ2n) is 6.81. The molecular weight excluding hydrogens is 376 g/mol. The van der Waals surface area contributed by atoms with E-state index < -0.39 is 24.2 Å². The number of hydrogen-bond acceptors (Lipinski definition) is 3. The van der Waals surface area contributed by atoms with Crippen LogP contribution in [0, 0.1) is 5.92 Å². The zero-order valence-electron chi connectivity index (χ0n) is 15.9. The molecule has 6 heteroatoms. The molecule has 0 aliphatic heterocycles. The molecule has 0 amide bonds. The molecule has 1 atom stereocenters. The minimum absolute atomic E-state index is 0.00267. The van der Waals surface area contributed by atoms with Gasteiger partial charge in [-0.2, -0.15) is 0 Å². The molecule has 1 unspecified atom stereocenters. The zero-order chi connectivity index (χ0) is 20.9. The number of rotatable bonds is 8. The summed E-state index contributed by atoms with van der Waals surface area (Å²) in [6, 6.07) is 16.6. The van der Waals surface area contributed by atoms with Gasteiger partial charge >= 0.3 is 5.97 Å². The number of halogens is 2. The van der Waals surface area contributed by atoms with Crippen molar-refractivity contribution in [1.29, 1.82) is 0 Å². The van der Waals surface area contributed by atoms with Crippen molar-refractivity contribution in [1.82, 2.24) is 4.98 Å². The van der Waals surface area contributed by atoms with Crippen molar-refractivity contribution >= 4 is 5.97 Å². The maximum absolute atomic E-state index is 14.8. The molecule has 4 nitrogen and oxygen atoms in total. The van der Waals surface area contributed by atoms with Crippen molar-refractivity contribution in [2.45, 2.75) is 18.8 Å². The average Bonchev–Trinajstić information content (AvgIpc) is 2.74. The van der Waals surface area contributed by atoms with Crippen LogP contribution in [0.5, 0.6) is 5.75 Å². The standard InChI is InChI=1S/C23H21F2NO3/c1-29-21-10-6-18(7-11-21)17-4-8-20(9-5-17)23(24,25)14-19(22(27)28)13-16-3-2-12-26-15-16/h2-12,15,19H,13-14H2,1H3,(H,27,28). The lowest BCUT2D eigenvalue weighted by Crippen LogP contribution is -2.26. The van der Waals surface area contributed by atoms with Gasteiger partial charge in [-0.1, -0.05) is 42.5 Å². The minimum Gasteiger partial charge on any atom is -0.497 e. The van der Waals surface area contributed by atoms with E-state index in [1.165, 1.54) is 18.3 Å². The number of pyridine rings is 1. The monoisotopic (exact) mass is 397 g/mol. The molecule has 0 spiro atoms. The summed E-state index contributed by atoms with van der Waals surface area (Å²) in [5.74, 6) is -5.01. The molecule has 2 aromatic carbocycles. The number of benzene rings is 2. The zero-order valence-corrected chi connectivity index (χ0v) is 15.9. The molecule has 29 heavy (non-hydrogen) atoms. The SMILES string of the molecule is COc1ccc(-c2ccc(C(F)(F)CC(Cc3cccnc3)C(=O)O)cc2)cc1. The van der Waals surface area contributed by atoms with Gasteiger partial charge in [0.25, 0.3) is 5.92 Å². The van der Waals surface area contributed by atoms with Crippen molar-refractivity contribution in [2.75, 3.05) is 7.11 Å². The Morgan fingerprint density at radius 2 is 1.69 bits per heavy atom. The summed E-state index contributed by atoms with van der Waals surface area (Å²) < 4.78 is 34.7. The molecule has 0 radical (unpaired) electrons. The number of aromatic nitrogens is 1. The van der Waals surface area contributed by atoms with Crippen LogP contribution in [0.4, 0.5) is 8.78 Å². The number of hydrogen-bond donors (Lipinski definition) is 1. The van der Waals surface area contributed by atoms with Crippen LogP contribution in [0.2, 0.25) is 0 Å². The Morgan fingerprint density at radius 3 is 2.21 bits per heavy atom. The van der Waals surface area contributed by atoms with Gasteiger partial charge in [0.05, 0.1) is 13.0 Å². The summed E-state index contributed by atoms with van der Waals surface area (Å²) in [5.41, 5.74) is 2.08. The second-order valence-corrected chi connectivity index (χ2v) is 6.81. The summed E-state index contributed by atoms with van der Waals surface area (Å²) in [7, 11) is 1.57. The fourth-order valence-corrected chi connectivity index (χ4v) is 3.17. The molecule has 3 rings (SSSR count). The van der Waals surface area contributed by atoms with Crippen molar-refractivity contribution in [3.8, 4) is 16.9 Å². The fraction of sp³-hybridized carbons (Fsp3) is 0.217. The summed E-state index contributed by atoms with van der Waals surface area (Å²) in [4.78, 5) is 15.5. The first kappa shape index (κ1) is 20.5. The largest absolute Gasteiger partial charge is 0.497 e. The van der Waals surface area contributed by atoms with Gasteiger partial charge < -0.3 is 9.84 Å². The molecule has 1 N–H and O–H groups in total. The topological polar surface area (TPSA) is 59.4 Å². The number of nitrogens with zero attached hydrogens (tertiary/aromatic N) is 1. The van der Waals surface area contributed by atoms with Gasteiger partial charge in [0.1, 0.15) is 5.75 Å². The summed E-state index contributed by atoms with van der Waals surface area (Å²) in [6.07, 6.45) is 2.28. The van der Waals surface area contributed by atoms with Gasteiger partial charge in [-0.25, -0.2) is 8.78 Å². The number of methoxy groups -OCH3 is 1. The van der Waals surface area contributed by atoms with Gasteiger partial charge in [-0.15, -0.1) is 0 Å². The van der Waals surface area contributed by atoms with E-state index >= 15 is 0 Å². The number of ether oxygens (including phenoxy) is 1. The third-order valence-corrected chi connectivity index (χ3v) is 4.79. The molecule has 0 aliphatic carbocycles. The molecule has 0 saturated heterocycles. The molecule has 1 aromatic heterocycles. The number of carboxylic acid groups (broad SMARTS) is 1. The normalized spacial score (nSPS) is 12.4. The summed E-state index contributed by atoms with van der Waals surface area (Å²) in [6.45, 7) is 0. The van der Waals surface area contributed by atoms with Crippen LogP contribution >= 0.6 is 0 Å². The van der Waals surface area contributed by atoms with Crippen LogP contribution in [0.15, 0.2) is 73.1 Å². The van der Waals surface area contributed by atoms with Crippen molar-refractivity contribution in [3.05, 3.63) is 84.2 Å². The Bertz CT molecular complexity index is 942. The van der Waals surface area contributed by atoms with E-state index in [1.807, 2.05) is 12.1 Å². The Kier molecular flexibility index (Phi) is 6.22.